The van der Waals surface area contributed by atoms with E-state index in [-0.39, 0.29) is 18.0 Å². The summed E-state index contributed by atoms with van der Waals surface area (Å²) in [6, 6.07) is 8.14. The zero-order chi connectivity index (χ0) is 15.5. The van der Waals surface area contributed by atoms with Crippen LogP contribution < -0.4 is 10.5 Å². The van der Waals surface area contributed by atoms with Crippen molar-refractivity contribution in [3.8, 4) is 0 Å². The molecule has 1 aromatic carbocycles. The van der Waals surface area contributed by atoms with Gasteiger partial charge in [0.05, 0.1) is 4.90 Å². The van der Waals surface area contributed by atoms with E-state index in [9.17, 15) is 8.42 Å². The van der Waals surface area contributed by atoms with E-state index in [1.807, 2.05) is 19.1 Å². The van der Waals surface area contributed by atoms with Crippen LogP contribution in [-0.2, 0) is 23.1 Å². The van der Waals surface area contributed by atoms with Crippen molar-refractivity contribution >= 4 is 21.6 Å². The topological polar surface area (TPSA) is 85.1 Å². The number of halogens is 1. The van der Waals surface area contributed by atoms with Crippen molar-refractivity contribution in [1.82, 2.24) is 9.71 Å². The fourth-order valence-corrected chi connectivity index (χ4v) is 3.00. The number of rotatable bonds is 5. The summed E-state index contributed by atoms with van der Waals surface area (Å²) in [5, 5.41) is 0.458. The summed E-state index contributed by atoms with van der Waals surface area (Å²) in [5.74, 6) is 0. The summed E-state index contributed by atoms with van der Waals surface area (Å²) in [6.07, 6.45) is 1.64. The van der Waals surface area contributed by atoms with Crippen LogP contribution in [0.25, 0.3) is 0 Å². The molecule has 0 aliphatic rings. The average Bonchev–Trinajstić information content (AvgIpc) is 2.47. The van der Waals surface area contributed by atoms with Crippen molar-refractivity contribution in [2.24, 2.45) is 5.73 Å². The molecule has 2 aromatic rings. The minimum Gasteiger partial charge on any atom is -0.326 e. The Morgan fingerprint density at radius 3 is 2.67 bits per heavy atom. The Hall–Kier alpha value is -1.47. The van der Waals surface area contributed by atoms with Gasteiger partial charge in [0.15, 0.2) is 0 Å². The lowest BCUT2D eigenvalue weighted by molar-refractivity contribution is 0.581. The number of aryl methyl sites for hydroxylation is 1. The van der Waals surface area contributed by atoms with Crippen LogP contribution in [0, 0.1) is 6.92 Å². The van der Waals surface area contributed by atoms with Gasteiger partial charge in [0.1, 0.15) is 0 Å². The molecule has 3 N–H and O–H groups in total. The van der Waals surface area contributed by atoms with Gasteiger partial charge in [0.2, 0.25) is 10.0 Å². The van der Waals surface area contributed by atoms with Crippen molar-refractivity contribution in [3.05, 3.63) is 58.4 Å². The van der Waals surface area contributed by atoms with E-state index >= 15 is 0 Å². The molecule has 112 valence electrons. The van der Waals surface area contributed by atoms with Crippen molar-refractivity contribution in [2.45, 2.75) is 24.9 Å². The molecule has 0 saturated heterocycles. The third-order valence-electron chi connectivity index (χ3n) is 2.99. The Morgan fingerprint density at radius 1 is 1.29 bits per heavy atom. The molecule has 21 heavy (non-hydrogen) atoms. The zero-order valence-electron chi connectivity index (χ0n) is 11.5. The van der Waals surface area contributed by atoms with E-state index in [1.54, 1.807) is 6.20 Å². The highest BCUT2D eigenvalue weighted by atomic mass is 35.5. The summed E-state index contributed by atoms with van der Waals surface area (Å²) in [7, 11) is -3.61. The first-order chi connectivity index (χ1) is 9.92. The molecular weight excluding hydrogens is 310 g/mol. The number of pyridine rings is 1. The number of nitrogens with two attached hydrogens (primary N) is 1. The van der Waals surface area contributed by atoms with Crippen LogP contribution in [0.2, 0.25) is 5.02 Å². The molecule has 0 bridgehead atoms. The Balaban J connectivity index is 2.16. The number of hydrogen-bond donors (Lipinski definition) is 2. The molecule has 0 aliphatic carbocycles. The Bertz CT molecular complexity index is 730. The second kappa shape index (κ2) is 6.53. The Labute approximate surface area is 129 Å². The van der Waals surface area contributed by atoms with E-state index in [1.165, 1.54) is 18.2 Å². The summed E-state index contributed by atoms with van der Waals surface area (Å²) in [4.78, 5) is 4.27. The molecule has 0 aliphatic heterocycles. The minimum absolute atomic E-state index is 0.146. The highest BCUT2D eigenvalue weighted by Crippen LogP contribution is 2.20. The number of hydrogen-bond acceptors (Lipinski definition) is 4. The quantitative estimate of drug-likeness (QED) is 0.880. The molecule has 7 heteroatoms. The van der Waals surface area contributed by atoms with Gasteiger partial charge < -0.3 is 5.73 Å². The minimum atomic E-state index is -3.61. The summed E-state index contributed by atoms with van der Waals surface area (Å²) < 4.78 is 27.0. The lowest BCUT2D eigenvalue weighted by Gasteiger charge is -2.09. The normalized spacial score (nSPS) is 11.6. The number of sulfonamides is 1. The Morgan fingerprint density at radius 2 is 2.05 bits per heavy atom. The number of nitrogens with one attached hydrogen (secondary N) is 1. The molecule has 2 rings (SSSR count). The maximum absolute atomic E-state index is 12.2. The van der Waals surface area contributed by atoms with Gasteiger partial charge in [0.25, 0.3) is 0 Å². The van der Waals surface area contributed by atoms with Gasteiger partial charge >= 0.3 is 0 Å². The van der Waals surface area contributed by atoms with E-state index in [0.29, 0.717) is 10.6 Å². The third-order valence-corrected chi connectivity index (χ3v) is 4.75. The van der Waals surface area contributed by atoms with E-state index in [0.717, 1.165) is 11.3 Å². The van der Waals surface area contributed by atoms with Gasteiger partial charge in [-0.15, -0.1) is 0 Å². The number of benzene rings is 1. The van der Waals surface area contributed by atoms with Gasteiger partial charge in [-0.05, 0) is 42.3 Å². The first kappa shape index (κ1) is 15.9. The molecule has 0 fully saturated rings. The smallest absolute Gasteiger partial charge is 0.240 e. The molecule has 1 aromatic heterocycles. The fourth-order valence-electron chi connectivity index (χ4n) is 1.74. The first-order valence-electron chi connectivity index (χ1n) is 6.32. The average molecular weight is 326 g/mol. The molecular formula is C14H16ClN3O2S. The Kier molecular flexibility index (Phi) is 4.95. The third kappa shape index (κ3) is 4.01. The number of aromatic nitrogens is 1. The molecule has 1 heterocycles. The molecule has 0 atom stereocenters. The second-order valence-corrected chi connectivity index (χ2v) is 6.76. The van der Waals surface area contributed by atoms with E-state index in [2.05, 4.69) is 9.71 Å². The van der Waals surface area contributed by atoms with Crippen LogP contribution >= 0.6 is 11.6 Å². The van der Waals surface area contributed by atoms with Gasteiger partial charge in [0, 0.05) is 30.0 Å². The molecule has 0 radical (unpaired) electrons. The van der Waals surface area contributed by atoms with E-state index < -0.39 is 10.0 Å². The standard InChI is InChI=1S/C14H16ClN3O2S/c1-10-2-3-11(8-17-10)9-18-21(19,20)13-4-5-14(15)12(6-13)7-16/h2-6,8,18H,7,9,16H2,1H3. The number of nitrogens with zero attached hydrogens (tertiary/aromatic N) is 1. The molecule has 0 saturated carbocycles. The van der Waals surface area contributed by atoms with Crippen LogP contribution in [0.4, 0.5) is 0 Å². The first-order valence-corrected chi connectivity index (χ1v) is 8.18. The lowest BCUT2D eigenvalue weighted by atomic mass is 10.2. The van der Waals surface area contributed by atoms with Gasteiger partial charge in [-0.2, -0.15) is 0 Å². The summed E-state index contributed by atoms with van der Waals surface area (Å²) in [6.45, 7) is 2.23. The largest absolute Gasteiger partial charge is 0.326 e. The molecule has 0 unspecified atom stereocenters. The van der Waals surface area contributed by atoms with Crippen LogP contribution in [0.1, 0.15) is 16.8 Å². The molecule has 0 spiro atoms. The zero-order valence-corrected chi connectivity index (χ0v) is 13.1. The second-order valence-electron chi connectivity index (χ2n) is 4.59. The molecule has 0 amide bonds. The SMILES string of the molecule is Cc1ccc(CNS(=O)(=O)c2ccc(Cl)c(CN)c2)cn1. The summed E-state index contributed by atoms with van der Waals surface area (Å²) >= 11 is 5.93. The molecule has 5 nitrogen and oxygen atoms in total. The predicted molar refractivity (Wildman–Crippen MR) is 82.3 cm³/mol. The highest BCUT2D eigenvalue weighted by Gasteiger charge is 2.15. The van der Waals surface area contributed by atoms with Crippen LogP contribution in [0.5, 0.6) is 0 Å². The van der Waals surface area contributed by atoms with Crippen molar-refractivity contribution in [3.63, 3.8) is 0 Å². The van der Waals surface area contributed by atoms with Crippen molar-refractivity contribution in [2.75, 3.05) is 0 Å². The van der Waals surface area contributed by atoms with Crippen molar-refractivity contribution in [1.29, 1.82) is 0 Å². The van der Waals surface area contributed by atoms with E-state index in [4.69, 9.17) is 17.3 Å². The lowest BCUT2D eigenvalue weighted by Crippen LogP contribution is -2.23. The maximum atomic E-state index is 12.2. The van der Waals surface area contributed by atoms with Crippen LogP contribution in [0.3, 0.4) is 0 Å². The maximum Gasteiger partial charge on any atom is 0.240 e. The predicted octanol–water partition coefficient (Wildman–Crippen LogP) is 1.98. The fraction of sp³-hybridized carbons (Fsp3) is 0.214. The van der Waals surface area contributed by atoms with Crippen molar-refractivity contribution < 1.29 is 8.42 Å². The van der Waals surface area contributed by atoms with Crippen LogP contribution in [0.15, 0.2) is 41.4 Å². The van der Waals surface area contributed by atoms with Crippen LogP contribution in [-0.4, -0.2) is 13.4 Å². The van der Waals surface area contributed by atoms with Gasteiger partial charge in [-0.1, -0.05) is 17.7 Å². The van der Waals surface area contributed by atoms with Gasteiger partial charge in [-0.25, -0.2) is 13.1 Å². The highest BCUT2D eigenvalue weighted by molar-refractivity contribution is 7.89. The summed E-state index contributed by atoms with van der Waals surface area (Å²) in [5.41, 5.74) is 7.80. The van der Waals surface area contributed by atoms with Gasteiger partial charge in [-0.3, -0.25) is 4.98 Å². The monoisotopic (exact) mass is 325 g/mol.